The number of hydrogen-bond acceptors (Lipinski definition) is 4. The molecule has 1 heterocycles. The lowest BCUT2D eigenvalue weighted by Gasteiger charge is -2.31. The zero-order valence-electron chi connectivity index (χ0n) is 8.11. The molecule has 4 heteroatoms. The van der Waals surface area contributed by atoms with E-state index in [0.717, 1.165) is 26.1 Å². The minimum atomic E-state index is 0.126. The highest BCUT2D eigenvalue weighted by Crippen LogP contribution is 2.26. The lowest BCUT2D eigenvalue weighted by Crippen LogP contribution is -2.40. The minimum absolute atomic E-state index is 0.126. The van der Waals surface area contributed by atoms with E-state index in [1.54, 1.807) is 11.8 Å². The second kappa shape index (κ2) is 5.86. The van der Waals surface area contributed by atoms with Gasteiger partial charge in [0.2, 0.25) is 0 Å². The molecule has 3 nitrogen and oxygen atoms in total. The fourth-order valence-electron chi connectivity index (χ4n) is 1.34. The van der Waals surface area contributed by atoms with Crippen molar-refractivity contribution in [3.63, 3.8) is 0 Å². The summed E-state index contributed by atoms with van der Waals surface area (Å²) in [6.45, 7) is 3.94. The lowest BCUT2D eigenvalue weighted by molar-refractivity contribution is 0.0450. The molecule has 0 radical (unpaired) electrons. The SMILES string of the molecule is CCCC(N)C(CO)SC1COC1. The molecule has 1 fully saturated rings. The largest absolute Gasteiger partial charge is 0.395 e. The summed E-state index contributed by atoms with van der Waals surface area (Å²) in [6.07, 6.45) is 2.07. The Kier molecular flexibility index (Phi) is 5.09. The number of aliphatic hydroxyl groups is 1. The van der Waals surface area contributed by atoms with Crippen LogP contribution in [0.15, 0.2) is 0 Å². The van der Waals surface area contributed by atoms with Crippen LogP contribution in [-0.2, 0) is 4.74 Å². The van der Waals surface area contributed by atoms with Crippen molar-refractivity contribution >= 4 is 11.8 Å². The lowest BCUT2D eigenvalue weighted by atomic mass is 10.1. The molecule has 0 aromatic carbocycles. The molecule has 0 saturated carbocycles. The summed E-state index contributed by atoms with van der Waals surface area (Å²) in [5, 5.41) is 9.89. The smallest absolute Gasteiger partial charge is 0.0608 e. The molecule has 1 aliphatic heterocycles. The first-order chi connectivity index (χ1) is 6.27. The summed E-state index contributed by atoms with van der Waals surface area (Å²) < 4.78 is 5.08. The van der Waals surface area contributed by atoms with Crippen LogP contribution < -0.4 is 5.73 Å². The van der Waals surface area contributed by atoms with Crippen LogP contribution in [0.3, 0.4) is 0 Å². The Bertz CT molecular complexity index is 142. The maximum Gasteiger partial charge on any atom is 0.0608 e. The van der Waals surface area contributed by atoms with E-state index in [4.69, 9.17) is 15.6 Å². The second-order valence-corrected chi connectivity index (χ2v) is 5.01. The van der Waals surface area contributed by atoms with Crippen molar-refractivity contribution in [2.45, 2.75) is 36.3 Å². The highest BCUT2D eigenvalue weighted by Gasteiger charge is 2.26. The number of hydrogen-bond donors (Lipinski definition) is 2. The third kappa shape index (κ3) is 3.46. The number of ether oxygens (including phenoxy) is 1. The van der Waals surface area contributed by atoms with E-state index >= 15 is 0 Å². The van der Waals surface area contributed by atoms with Gasteiger partial charge in [-0.15, -0.1) is 11.8 Å². The van der Waals surface area contributed by atoms with Crippen LogP contribution in [0.2, 0.25) is 0 Å². The maximum atomic E-state index is 9.15. The van der Waals surface area contributed by atoms with Crippen LogP contribution in [-0.4, -0.2) is 41.5 Å². The quantitative estimate of drug-likeness (QED) is 0.667. The van der Waals surface area contributed by atoms with Crippen LogP contribution in [0.1, 0.15) is 19.8 Å². The maximum absolute atomic E-state index is 9.15. The van der Waals surface area contributed by atoms with E-state index in [1.807, 2.05) is 0 Å². The van der Waals surface area contributed by atoms with Gasteiger partial charge in [0.1, 0.15) is 0 Å². The standard InChI is InChI=1S/C9H19NO2S/c1-2-3-8(10)9(4-11)13-7-5-12-6-7/h7-9,11H,2-6,10H2,1H3. The third-order valence-corrected chi connectivity index (χ3v) is 3.76. The minimum Gasteiger partial charge on any atom is -0.395 e. The van der Waals surface area contributed by atoms with Gasteiger partial charge in [-0.05, 0) is 6.42 Å². The Labute approximate surface area is 84.0 Å². The van der Waals surface area contributed by atoms with Crippen molar-refractivity contribution in [2.24, 2.45) is 5.73 Å². The van der Waals surface area contributed by atoms with E-state index in [9.17, 15) is 0 Å². The summed E-state index contributed by atoms with van der Waals surface area (Å²) in [5.41, 5.74) is 5.94. The molecule has 78 valence electrons. The van der Waals surface area contributed by atoms with Crippen LogP contribution in [0.25, 0.3) is 0 Å². The highest BCUT2D eigenvalue weighted by molar-refractivity contribution is 8.00. The second-order valence-electron chi connectivity index (χ2n) is 3.47. The molecule has 0 bridgehead atoms. The Morgan fingerprint density at radius 2 is 2.31 bits per heavy atom. The molecular weight excluding hydrogens is 186 g/mol. The Morgan fingerprint density at radius 3 is 2.69 bits per heavy atom. The molecule has 3 N–H and O–H groups in total. The van der Waals surface area contributed by atoms with E-state index in [1.165, 1.54) is 0 Å². The molecule has 1 saturated heterocycles. The van der Waals surface area contributed by atoms with Gasteiger partial charge in [0.15, 0.2) is 0 Å². The molecule has 0 aromatic rings. The summed E-state index contributed by atoms with van der Waals surface area (Å²) in [5.74, 6) is 0. The fourth-order valence-corrected chi connectivity index (χ4v) is 2.61. The first-order valence-electron chi connectivity index (χ1n) is 4.87. The molecule has 2 atom stereocenters. The van der Waals surface area contributed by atoms with Gasteiger partial charge in [0, 0.05) is 11.3 Å². The number of aliphatic hydroxyl groups excluding tert-OH is 1. The van der Waals surface area contributed by atoms with E-state index in [0.29, 0.717) is 5.25 Å². The van der Waals surface area contributed by atoms with Crippen molar-refractivity contribution in [1.82, 2.24) is 0 Å². The molecule has 0 aliphatic carbocycles. The zero-order valence-corrected chi connectivity index (χ0v) is 8.93. The first-order valence-corrected chi connectivity index (χ1v) is 5.81. The van der Waals surface area contributed by atoms with E-state index in [2.05, 4.69) is 6.92 Å². The van der Waals surface area contributed by atoms with Gasteiger partial charge in [-0.25, -0.2) is 0 Å². The average molecular weight is 205 g/mol. The molecule has 1 aliphatic rings. The summed E-state index contributed by atoms with van der Waals surface area (Å²) in [6, 6.07) is 0.126. The van der Waals surface area contributed by atoms with E-state index < -0.39 is 0 Å². The monoisotopic (exact) mass is 205 g/mol. The van der Waals surface area contributed by atoms with Crippen LogP contribution in [0.5, 0.6) is 0 Å². The van der Waals surface area contributed by atoms with Crippen molar-refractivity contribution in [3.05, 3.63) is 0 Å². The van der Waals surface area contributed by atoms with Crippen molar-refractivity contribution < 1.29 is 9.84 Å². The molecular formula is C9H19NO2S. The van der Waals surface area contributed by atoms with Gasteiger partial charge in [-0.2, -0.15) is 0 Å². The van der Waals surface area contributed by atoms with Gasteiger partial charge in [-0.1, -0.05) is 13.3 Å². The number of rotatable bonds is 6. The molecule has 0 spiro atoms. The number of nitrogens with two attached hydrogens (primary N) is 1. The van der Waals surface area contributed by atoms with Crippen molar-refractivity contribution in [2.75, 3.05) is 19.8 Å². The zero-order chi connectivity index (χ0) is 9.68. The van der Waals surface area contributed by atoms with Crippen molar-refractivity contribution in [3.8, 4) is 0 Å². The van der Waals surface area contributed by atoms with Crippen LogP contribution in [0.4, 0.5) is 0 Å². The molecule has 0 amide bonds. The molecule has 0 aromatic heterocycles. The normalized spacial score (nSPS) is 22.4. The predicted molar refractivity (Wildman–Crippen MR) is 56.0 cm³/mol. The van der Waals surface area contributed by atoms with Gasteiger partial charge in [-0.3, -0.25) is 0 Å². The fraction of sp³-hybridized carbons (Fsp3) is 1.00. The third-order valence-electron chi connectivity index (χ3n) is 2.25. The summed E-state index contributed by atoms with van der Waals surface area (Å²) >= 11 is 1.78. The Hall–Kier alpha value is 0.230. The topological polar surface area (TPSA) is 55.5 Å². The predicted octanol–water partition coefficient (Wildman–Crippen LogP) is 0.607. The van der Waals surface area contributed by atoms with Gasteiger partial charge in [0.25, 0.3) is 0 Å². The Morgan fingerprint density at radius 1 is 1.62 bits per heavy atom. The number of thioether (sulfide) groups is 1. The van der Waals surface area contributed by atoms with Crippen molar-refractivity contribution in [1.29, 1.82) is 0 Å². The van der Waals surface area contributed by atoms with Crippen LogP contribution in [0, 0.1) is 0 Å². The summed E-state index contributed by atoms with van der Waals surface area (Å²) in [7, 11) is 0. The van der Waals surface area contributed by atoms with Crippen LogP contribution >= 0.6 is 11.8 Å². The highest BCUT2D eigenvalue weighted by atomic mass is 32.2. The Balaban J connectivity index is 2.23. The molecule has 1 rings (SSSR count). The van der Waals surface area contributed by atoms with Gasteiger partial charge < -0.3 is 15.6 Å². The molecule has 13 heavy (non-hydrogen) atoms. The summed E-state index contributed by atoms with van der Waals surface area (Å²) in [4.78, 5) is 0. The molecule has 2 unspecified atom stereocenters. The van der Waals surface area contributed by atoms with Gasteiger partial charge >= 0.3 is 0 Å². The van der Waals surface area contributed by atoms with Gasteiger partial charge in [0.05, 0.1) is 25.1 Å². The van der Waals surface area contributed by atoms with E-state index in [-0.39, 0.29) is 17.9 Å². The first kappa shape index (κ1) is 11.3. The average Bonchev–Trinajstić information content (AvgIpc) is 2.03.